The summed E-state index contributed by atoms with van der Waals surface area (Å²) < 4.78 is 5.78. The maximum atomic E-state index is 5.78. The largest absolute Gasteiger partial charge is 0.376 e. The summed E-state index contributed by atoms with van der Waals surface area (Å²) >= 11 is 0. The summed E-state index contributed by atoms with van der Waals surface area (Å²) in [7, 11) is 2.09. The lowest BCUT2D eigenvalue weighted by Crippen LogP contribution is -2.33. The molecule has 112 valence electrons. The number of hydrogen-bond acceptors (Lipinski definition) is 4. The van der Waals surface area contributed by atoms with Crippen molar-refractivity contribution in [2.45, 2.75) is 45.3 Å². The first-order chi connectivity index (χ1) is 9.79. The third kappa shape index (κ3) is 4.76. The van der Waals surface area contributed by atoms with Crippen LogP contribution in [0, 0.1) is 0 Å². The molecule has 1 saturated heterocycles. The summed E-state index contributed by atoms with van der Waals surface area (Å²) in [6.07, 6.45) is 7.16. The average molecular weight is 277 g/mol. The Bertz CT molecular complexity index is 374. The van der Waals surface area contributed by atoms with Crippen molar-refractivity contribution in [1.29, 1.82) is 0 Å². The van der Waals surface area contributed by atoms with Gasteiger partial charge in [-0.25, -0.2) is 4.98 Å². The van der Waals surface area contributed by atoms with Gasteiger partial charge in [-0.05, 0) is 43.9 Å². The number of hydrogen-bond donors (Lipinski definition) is 1. The van der Waals surface area contributed by atoms with Crippen LogP contribution in [0.1, 0.15) is 38.2 Å². The van der Waals surface area contributed by atoms with E-state index in [0.29, 0.717) is 6.10 Å². The van der Waals surface area contributed by atoms with Crippen molar-refractivity contribution in [3.63, 3.8) is 0 Å². The maximum absolute atomic E-state index is 5.78. The van der Waals surface area contributed by atoms with Gasteiger partial charge in [0.2, 0.25) is 0 Å². The Morgan fingerprint density at radius 3 is 2.95 bits per heavy atom. The second kappa shape index (κ2) is 8.22. The van der Waals surface area contributed by atoms with E-state index in [1.54, 1.807) is 0 Å². The predicted molar refractivity (Wildman–Crippen MR) is 83.1 cm³/mol. The predicted octanol–water partition coefficient (Wildman–Crippen LogP) is 2.59. The molecule has 2 rings (SSSR count). The highest BCUT2D eigenvalue weighted by molar-refractivity contribution is 5.38. The molecule has 4 nitrogen and oxygen atoms in total. The molecule has 0 amide bonds. The molecule has 1 aromatic heterocycles. The highest BCUT2D eigenvalue weighted by Gasteiger charge is 2.16. The van der Waals surface area contributed by atoms with Crippen LogP contribution < -0.4 is 10.2 Å². The van der Waals surface area contributed by atoms with E-state index < -0.39 is 0 Å². The van der Waals surface area contributed by atoms with E-state index in [2.05, 4.69) is 41.3 Å². The molecule has 1 atom stereocenters. The lowest BCUT2D eigenvalue weighted by molar-refractivity contribution is 0.0215. The molecule has 0 spiro atoms. The van der Waals surface area contributed by atoms with Gasteiger partial charge in [0.1, 0.15) is 5.82 Å². The zero-order valence-electron chi connectivity index (χ0n) is 12.8. The SMILES string of the molecule is CCCNCc1ccc(N(C)CC2CCCCO2)nc1. The van der Waals surface area contributed by atoms with Gasteiger partial charge in [-0.1, -0.05) is 13.0 Å². The number of likely N-dealkylation sites (N-methyl/N-ethyl adjacent to an activating group) is 1. The van der Waals surface area contributed by atoms with Crippen molar-refractivity contribution in [3.8, 4) is 0 Å². The second-order valence-corrected chi connectivity index (χ2v) is 5.57. The van der Waals surface area contributed by atoms with Gasteiger partial charge < -0.3 is 15.0 Å². The third-order valence-corrected chi connectivity index (χ3v) is 3.71. The average Bonchev–Trinajstić information content (AvgIpc) is 2.49. The van der Waals surface area contributed by atoms with Crippen LogP contribution in [0.4, 0.5) is 5.82 Å². The molecule has 1 N–H and O–H groups in total. The number of nitrogens with one attached hydrogen (secondary N) is 1. The van der Waals surface area contributed by atoms with Crippen molar-refractivity contribution >= 4 is 5.82 Å². The maximum Gasteiger partial charge on any atom is 0.128 e. The van der Waals surface area contributed by atoms with E-state index in [4.69, 9.17) is 4.74 Å². The zero-order valence-corrected chi connectivity index (χ0v) is 12.8. The summed E-state index contributed by atoms with van der Waals surface area (Å²) in [6, 6.07) is 4.26. The van der Waals surface area contributed by atoms with Gasteiger partial charge in [-0.15, -0.1) is 0 Å². The van der Waals surface area contributed by atoms with Gasteiger partial charge in [0.05, 0.1) is 6.10 Å². The minimum absolute atomic E-state index is 0.362. The van der Waals surface area contributed by atoms with E-state index in [0.717, 1.165) is 38.5 Å². The number of ether oxygens (including phenoxy) is 1. The fourth-order valence-electron chi connectivity index (χ4n) is 2.51. The third-order valence-electron chi connectivity index (χ3n) is 3.71. The van der Waals surface area contributed by atoms with Crippen LogP contribution in [-0.4, -0.2) is 37.8 Å². The summed E-state index contributed by atoms with van der Waals surface area (Å²) in [6.45, 7) is 5.97. The van der Waals surface area contributed by atoms with E-state index >= 15 is 0 Å². The summed E-state index contributed by atoms with van der Waals surface area (Å²) in [5, 5.41) is 3.39. The van der Waals surface area contributed by atoms with Gasteiger partial charge in [-0.3, -0.25) is 0 Å². The fraction of sp³-hybridized carbons (Fsp3) is 0.688. The van der Waals surface area contributed by atoms with Crippen LogP contribution in [0.5, 0.6) is 0 Å². The standard InChI is InChI=1S/C16H27N3O/c1-3-9-17-11-14-7-8-16(18-12-14)19(2)13-15-6-4-5-10-20-15/h7-8,12,15,17H,3-6,9-11,13H2,1-2H3. The Kier molecular flexibility index (Phi) is 6.27. The van der Waals surface area contributed by atoms with Crippen molar-refractivity contribution in [1.82, 2.24) is 10.3 Å². The van der Waals surface area contributed by atoms with E-state index in [-0.39, 0.29) is 0 Å². The van der Waals surface area contributed by atoms with Crippen molar-refractivity contribution in [3.05, 3.63) is 23.9 Å². The van der Waals surface area contributed by atoms with E-state index in [9.17, 15) is 0 Å². The number of aromatic nitrogens is 1. The minimum atomic E-state index is 0.362. The molecule has 0 radical (unpaired) electrons. The summed E-state index contributed by atoms with van der Waals surface area (Å²) in [5.41, 5.74) is 1.24. The summed E-state index contributed by atoms with van der Waals surface area (Å²) in [5.74, 6) is 1.03. The molecule has 1 aliphatic heterocycles. The molecule has 2 heterocycles. The molecule has 0 aromatic carbocycles. The Labute approximate surface area is 122 Å². The number of nitrogens with zero attached hydrogens (tertiary/aromatic N) is 2. The molecular formula is C16H27N3O. The Morgan fingerprint density at radius 2 is 2.30 bits per heavy atom. The molecule has 0 bridgehead atoms. The number of rotatable bonds is 7. The van der Waals surface area contributed by atoms with Gasteiger partial charge in [0.15, 0.2) is 0 Å². The monoisotopic (exact) mass is 277 g/mol. The van der Waals surface area contributed by atoms with Crippen LogP contribution in [-0.2, 0) is 11.3 Å². The highest BCUT2D eigenvalue weighted by atomic mass is 16.5. The van der Waals surface area contributed by atoms with E-state index in [1.165, 1.54) is 24.8 Å². The quantitative estimate of drug-likeness (QED) is 0.777. The van der Waals surface area contributed by atoms with E-state index in [1.807, 2.05) is 6.20 Å². The van der Waals surface area contributed by atoms with Crippen LogP contribution >= 0.6 is 0 Å². The molecule has 1 aliphatic rings. The summed E-state index contributed by atoms with van der Waals surface area (Å²) in [4.78, 5) is 6.75. The highest BCUT2D eigenvalue weighted by Crippen LogP contribution is 2.16. The first kappa shape index (κ1) is 15.3. The minimum Gasteiger partial charge on any atom is -0.376 e. The van der Waals surface area contributed by atoms with Crippen molar-refractivity contribution < 1.29 is 4.74 Å². The van der Waals surface area contributed by atoms with Crippen LogP contribution in [0.3, 0.4) is 0 Å². The molecular weight excluding hydrogens is 250 g/mol. The van der Waals surface area contributed by atoms with Crippen LogP contribution in [0.2, 0.25) is 0 Å². The lowest BCUT2D eigenvalue weighted by Gasteiger charge is -2.28. The van der Waals surface area contributed by atoms with Gasteiger partial charge in [0.25, 0.3) is 0 Å². The molecule has 4 heteroatoms. The van der Waals surface area contributed by atoms with Gasteiger partial charge >= 0.3 is 0 Å². The molecule has 1 fully saturated rings. The normalized spacial score (nSPS) is 19.0. The number of pyridine rings is 1. The Balaban J connectivity index is 1.81. The van der Waals surface area contributed by atoms with Crippen molar-refractivity contribution in [2.24, 2.45) is 0 Å². The van der Waals surface area contributed by atoms with Gasteiger partial charge in [-0.2, -0.15) is 0 Å². The Hall–Kier alpha value is -1.13. The number of anilines is 1. The molecule has 0 aliphatic carbocycles. The first-order valence-electron chi connectivity index (χ1n) is 7.78. The zero-order chi connectivity index (χ0) is 14.2. The molecule has 1 unspecified atom stereocenters. The van der Waals surface area contributed by atoms with Gasteiger partial charge in [0, 0.05) is 32.9 Å². The molecule has 0 saturated carbocycles. The topological polar surface area (TPSA) is 37.4 Å². The fourth-order valence-corrected chi connectivity index (χ4v) is 2.51. The Morgan fingerprint density at radius 1 is 1.40 bits per heavy atom. The second-order valence-electron chi connectivity index (χ2n) is 5.57. The van der Waals surface area contributed by atoms with Crippen LogP contribution in [0.25, 0.3) is 0 Å². The smallest absolute Gasteiger partial charge is 0.128 e. The molecule has 1 aromatic rings. The lowest BCUT2D eigenvalue weighted by atomic mass is 10.1. The van der Waals surface area contributed by atoms with Crippen molar-refractivity contribution in [2.75, 3.05) is 31.6 Å². The molecule has 20 heavy (non-hydrogen) atoms. The first-order valence-corrected chi connectivity index (χ1v) is 7.78. The van der Waals surface area contributed by atoms with Crippen LogP contribution in [0.15, 0.2) is 18.3 Å².